The molecule has 0 aliphatic heterocycles. The first-order chi connectivity index (χ1) is 10.0. The fourth-order valence-corrected chi connectivity index (χ4v) is 1.64. The molecule has 0 saturated heterocycles. The molecule has 0 fully saturated rings. The summed E-state index contributed by atoms with van der Waals surface area (Å²) in [5, 5.41) is 22.4. The molecule has 3 N–H and O–H groups in total. The van der Waals surface area contributed by atoms with Gasteiger partial charge in [-0.25, -0.2) is 9.97 Å². The Morgan fingerprint density at radius 2 is 2.14 bits per heavy atom. The van der Waals surface area contributed by atoms with Gasteiger partial charge in [0, 0.05) is 18.5 Å². The van der Waals surface area contributed by atoms with Crippen LogP contribution in [-0.4, -0.2) is 25.9 Å². The van der Waals surface area contributed by atoms with E-state index in [9.17, 15) is 10.1 Å². The number of nitrogens with zero attached hydrogens (tertiary/aromatic N) is 4. The first-order valence-corrected chi connectivity index (χ1v) is 5.75. The second-order valence-electron chi connectivity index (χ2n) is 3.95. The van der Waals surface area contributed by atoms with Crippen molar-refractivity contribution in [3.63, 3.8) is 0 Å². The highest BCUT2D eigenvalue weighted by atomic mass is 16.6. The van der Waals surface area contributed by atoms with E-state index >= 15 is 0 Å². The van der Waals surface area contributed by atoms with E-state index in [1.807, 2.05) is 0 Å². The number of nitrogens with two attached hydrogens (primary N) is 1. The highest BCUT2D eigenvalue weighted by Gasteiger charge is 2.18. The van der Waals surface area contributed by atoms with E-state index in [0.29, 0.717) is 5.56 Å². The lowest BCUT2D eigenvalue weighted by atomic mass is 10.2. The zero-order chi connectivity index (χ0) is 15.4. The summed E-state index contributed by atoms with van der Waals surface area (Å²) in [5.41, 5.74) is 5.76. The summed E-state index contributed by atoms with van der Waals surface area (Å²) >= 11 is 0. The molecule has 0 unspecified atom stereocenters. The summed E-state index contributed by atoms with van der Waals surface area (Å²) < 4.78 is 5.50. The molecular weight excluding hydrogens is 278 g/mol. The normalized spacial score (nSPS) is 11.2. The van der Waals surface area contributed by atoms with E-state index in [2.05, 4.69) is 15.1 Å². The van der Waals surface area contributed by atoms with Crippen LogP contribution in [0.1, 0.15) is 11.3 Å². The number of rotatable bonds is 4. The largest absolute Gasteiger partial charge is 0.436 e. The van der Waals surface area contributed by atoms with Crippen LogP contribution in [0.2, 0.25) is 0 Å². The maximum Gasteiger partial charge on any atom is 0.276 e. The van der Waals surface area contributed by atoms with Gasteiger partial charge < -0.3 is 15.7 Å². The quantitative estimate of drug-likeness (QED) is 0.286. The lowest BCUT2D eigenvalue weighted by molar-refractivity contribution is -0.385. The monoisotopic (exact) mass is 289 g/mol. The van der Waals surface area contributed by atoms with Crippen LogP contribution in [-0.2, 0) is 0 Å². The molecule has 0 saturated carbocycles. The minimum atomic E-state index is -0.511. The van der Waals surface area contributed by atoms with Crippen LogP contribution in [0.4, 0.5) is 5.69 Å². The van der Waals surface area contributed by atoms with Gasteiger partial charge in [0.15, 0.2) is 11.5 Å². The van der Waals surface area contributed by atoms with Gasteiger partial charge in [0.1, 0.15) is 5.75 Å². The van der Waals surface area contributed by atoms with Gasteiger partial charge in [-0.3, -0.25) is 10.1 Å². The molecule has 0 atom stereocenters. The fourth-order valence-electron chi connectivity index (χ4n) is 1.64. The van der Waals surface area contributed by atoms with Crippen molar-refractivity contribution in [2.45, 2.75) is 6.92 Å². The number of ether oxygens (including phenoxy) is 1. The zero-order valence-corrected chi connectivity index (χ0v) is 10.9. The third-order valence-electron chi connectivity index (χ3n) is 2.67. The Balaban J connectivity index is 2.44. The first-order valence-electron chi connectivity index (χ1n) is 5.75. The number of benzene rings is 1. The molecule has 1 aromatic heterocycles. The SMILES string of the molecule is Cc1c(Oc2nccnc2C(N)=NO)cccc1[N+](=O)[O-]. The van der Waals surface area contributed by atoms with Crippen LogP contribution in [0.3, 0.4) is 0 Å². The third kappa shape index (κ3) is 2.86. The molecule has 0 radical (unpaired) electrons. The Morgan fingerprint density at radius 3 is 2.81 bits per heavy atom. The van der Waals surface area contributed by atoms with Gasteiger partial charge in [-0.2, -0.15) is 0 Å². The van der Waals surface area contributed by atoms with Crippen molar-refractivity contribution in [2.24, 2.45) is 10.9 Å². The van der Waals surface area contributed by atoms with E-state index in [0.717, 1.165) is 0 Å². The average molecular weight is 289 g/mol. The fraction of sp³-hybridized carbons (Fsp3) is 0.0833. The number of nitro groups is 1. The van der Waals surface area contributed by atoms with Crippen molar-refractivity contribution in [2.75, 3.05) is 0 Å². The highest BCUT2D eigenvalue weighted by molar-refractivity contribution is 5.97. The van der Waals surface area contributed by atoms with Crippen LogP contribution in [0.25, 0.3) is 0 Å². The summed E-state index contributed by atoms with van der Waals surface area (Å²) in [6, 6.07) is 4.40. The summed E-state index contributed by atoms with van der Waals surface area (Å²) in [5.74, 6) is -0.0609. The van der Waals surface area contributed by atoms with Gasteiger partial charge >= 0.3 is 0 Å². The highest BCUT2D eigenvalue weighted by Crippen LogP contribution is 2.30. The molecule has 0 spiro atoms. The second kappa shape index (κ2) is 5.82. The number of hydrogen-bond donors (Lipinski definition) is 2. The lowest BCUT2D eigenvalue weighted by Gasteiger charge is -2.10. The second-order valence-corrected chi connectivity index (χ2v) is 3.95. The summed E-state index contributed by atoms with van der Waals surface area (Å²) in [6.07, 6.45) is 2.71. The molecular formula is C12H11N5O4. The molecule has 0 aliphatic rings. The molecule has 9 nitrogen and oxygen atoms in total. The molecule has 108 valence electrons. The van der Waals surface area contributed by atoms with Crippen LogP contribution in [0, 0.1) is 17.0 Å². The minimum absolute atomic E-state index is 0.0172. The molecule has 1 heterocycles. The topological polar surface area (TPSA) is 137 Å². The Hall–Kier alpha value is -3.23. The van der Waals surface area contributed by atoms with E-state index in [1.165, 1.54) is 24.5 Å². The molecule has 1 aromatic carbocycles. The Labute approximate surface area is 118 Å². The average Bonchev–Trinajstić information content (AvgIpc) is 2.49. The van der Waals surface area contributed by atoms with Gasteiger partial charge in [-0.15, -0.1) is 0 Å². The predicted octanol–water partition coefficient (Wildman–Crippen LogP) is 1.58. The smallest absolute Gasteiger partial charge is 0.276 e. The summed E-state index contributed by atoms with van der Waals surface area (Å²) in [6.45, 7) is 1.55. The minimum Gasteiger partial charge on any atom is -0.436 e. The van der Waals surface area contributed by atoms with Crippen molar-refractivity contribution in [1.29, 1.82) is 0 Å². The van der Waals surface area contributed by atoms with Gasteiger partial charge in [0.25, 0.3) is 5.69 Å². The molecule has 21 heavy (non-hydrogen) atoms. The summed E-state index contributed by atoms with van der Waals surface area (Å²) in [7, 11) is 0. The van der Waals surface area contributed by atoms with Gasteiger partial charge in [0.2, 0.25) is 5.88 Å². The Kier molecular flexibility index (Phi) is 3.93. The van der Waals surface area contributed by atoms with Crippen molar-refractivity contribution in [3.05, 3.63) is 52.0 Å². The first kappa shape index (κ1) is 14.2. The summed E-state index contributed by atoms with van der Waals surface area (Å²) in [4.78, 5) is 18.2. The van der Waals surface area contributed by atoms with Gasteiger partial charge in [-0.1, -0.05) is 11.2 Å². The van der Waals surface area contributed by atoms with Crippen molar-refractivity contribution < 1.29 is 14.9 Å². The molecule has 0 aliphatic carbocycles. The van der Waals surface area contributed by atoms with E-state index < -0.39 is 4.92 Å². The number of amidine groups is 1. The molecule has 0 bridgehead atoms. The number of oxime groups is 1. The number of nitro benzene ring substituents is 1. The van der Waals surface area contributed by atoms with Crippen LogP contribution in [0.5, 0.6) is 11.6 Å². The predicted molar refractivity (Wildman–Crippen MR) is 72.5 cm³/mol. The lowest BCUT2D eigenvalue weighted by Crippen LogP contribution is -2.16. The van der Waals surface area contributed by atoms with Crippen molar-refractivity contribution >= 4 is 11.5 Å². The van der Waals surface area contributed by atoms with Crippen LogP contribution >= 0.6 is 0 Å². The number of hydrogen-bond acceptors (Lipinski definition) is 7. The van der Waals surface area contributed by atoms with Crippen molar-refractivity contribution in [1.82, 2.24) is 9.97 Å². The number of aromatic nitrogens is 2. The van der Waals surface area contributed by atoms with Gasteiger partial charge in [0.05, 0.1) is 10.5 Å². The van der Waals surface area contributed by atoms with E-state index in [4.69, 9.17) is 15.7 Å². The Morgan fingerprint density at radius 1 is 1.43 bits per heavy atom. The van der Waals surface area contributed by atoms with Crippen LogP contribution in [0.15, 0.2) is 35.7 Å². The van der Waals surface area contributed by atoms with Gasteiger partial charge in [-0.05, 0) is 13.0 Å². The van der Waals surface area contributed by atoms with E-state index in [1.54, 1.807) is 13.0 Å². The third-order valence-corrected chi connectivity index (χ3v) is 2.67. The standard InChI is InChI=1S/C12H11N5O4/c1-7-8(17(19)20)3-2-4-9(7)21-12-10(11(13)16-18)14-5-6-15-12/h2-6,18H,1H3,(H2,13,16). The zero-order valence-electron chi connectivity index (χ0n) is 10.9. The van der Waals surface area contributed by atoms with Crippen molar-refractivity contribution in [3.8, 4) is 11.6 Å². The maximum atomic E-state index is 10.9. The van der Waals surface area contributed by atoms with E-state index in [-0.39, 0.29) is 28.8 Å². The van der Waals surface area contributed by atoms with Crippen LogP contribution < -0.4 is 10.5 Å². The molecule has 0 amide bonds. The molecule has 2 aromatic rings. The Bertz CT molecular complexity index is 717. The maximum absolute atomic E-state index is 10.9. The molecule has 2 rings (SSSR count). The molecule has 9 heteroatoms.